The number of nitrogens with zero attached hydrogens (tertiary/aromatic N) is 7. The quantitative estimate of drug-likeness (QED) is 0.128. The van der Waals surface area contributed by atoms with Crippen molar-refractivity contribution in [1.29, 1.82) is 10.5 Å². The number of nitriles is 2. The molecule has 2 aliphatic heterocycles. The number of anilines is 1. The van der Waals surface area contributed by atoms with Gasteiger partial charge in [0.15, 0.2) is 0 Å². The highest BCUT2D eigenvalue weighted by atomic mass is 35.5. The van der Waals surface area contributed by atoms with Gasteiger partial charge in [0.1, 0.15) is 34.9 Å². The topological polar surface area (TPSA) is 164 Å². The first-order valence-corrected chi connectivity index (χ1v) is 19.6. The number of benzene rings is 2. The van der Waals surface area contributed by atoms with E-state index in [0.717, 1.165) is 77.3 Å². The van der Waals surface area contributed by atoms with Gasteiger partial charge in [0.05, 0.1) is 59.5 Å². The Balaban J connectivity index is 0.000000200. The van der Waals surface area contributed by atoms with E-state index in [4.69, 9.17) is 44.4 Å². The summed E-state index contributed by atoms with van der Waals surface area (Å²) in [5.74, 6) is 29.2. The molecular formula is C51H41ClN10O2. The van der Waals surface area contributed by atoms with Gasteiger partial charge in [0, 0.05) is 49.7 Å². The summed E-state index contributed by atoms with van der Waals surface area (Å²) < 4.78 is 10.9. The first-order chi connectivity index (χ1) is 30.9. The molecule has 2 fully saturated rings. The minimum absolute atomic E-state index is 0. The fourth-order valence-electron chi connectivity index (χ4n) is 6.11. The van der Waals surface area contributed by atoms with Crippen molar-refractivity contribution in [2.24, 2.45) is 0 Å². The molecule has 0 bridgehead atoms. The van der Waals surface area contributed by atoms with Crippen LogP contribution in [0, 0.1) is 107 Å². The van der Waals surface area contributed by atoms with Crippen LogP contribution >= 0.6 is 11.6 Å². The number of ether oxygens (including phenoxy) is 2. The van der Waals surface area contributed by atoms with Crippen LogP contribution in [-0.4, -0.2) is 81.5 Å². The molecule has 2 aromatic carbocycles. The van der Waals surface area contributed by atoms with E-state index in [1.807, 2.05) is 48.8 Å². The van der Waals surface area contributed by atoms with Gasteiger partial charge in [0.2, 0.25) is 0 Å². The molecule has 0 unspecified atom stereocenters. The van der Waals surface area contributed by atoms with Crippen LogP contribution < -0.4 is 10.2 Å². The summed E-state index contributed by atoms with van der Waals surface area (Å²) >= 11 is 6.09. The van der Waals surface area contributed by atoms with E-state index < -0.39 is 0 Å². The highest BCUT2D eigenvalue weighted by molar-refractivity contribution is 6.35. The lowest BCUT2D eigenvalue weighted by Crippen LogP contribution is -2.41. The number of halogens is 1. The van der Waals surface area contributed by atoms with Crippen LogP contribution in [0.5, 0.6) is 0 Å². The lowest BCUT2D eigenvalue weighted by molar-refractivity contribution is 0.0410. The largest absolute Gasteiger partial charge is 0.376 e. The van der Waals surface area contributed by atoms with Crippen LogP contribution in [0.25, 0.3) is 44.3 Å². The first kappa shape index (κ1) is 48.2. The number of H-pyrrole nitrogens is 2. The summed E-state index contributed by atoms with van der Waals surface area (Å²) in [6.07, 6.45) is 17.1. The van der Waals surface area contributed by atoms with Crippen molar-refractivity contribution in [2.75, 3.05) is 44.3 Å². The van der Waals surface area contributed by atoms with Crippen molar-refractivity contribution in [3.63, 3.8) is 0 Å². The Morgan fingerprint density at radius 1 is 0.688 bits per heavy atom. The van der Waals surface area contributed by atoms with Crippen molar-refractivity contribution in [2.45, 2.75) is 33.5 Å². The third-order valence-electron chi connectivity index (χ3n) is 8.84. The number of aromatic nitrogens is 6. The van der Waals surface area contributed by atoms with Gasteiger partial charge in [0.25, 0.3) is 0 Å². The highest BCUT2D eigenvalue weighted by Crippen LogP contribution is 2.35. The number of morpholine rings is 2. The van der Waals surface area contributed by atoms with Crippen LogP contribution in [0.3, 0.4) is 0 Å². The lowest BCUT2D eigenvalue weighted by atomic mass is 10.0. The summed E-state index contributed by atoms with van der Waals surface area (Å²) in [6.45, 7) is 9.35. The van der Waals surface area contributed by atoms with Gasteiger partial charge in [-0.25, -0.2) is 19.9 Å². The standard InChI is InChI=1S/C18H17N5O.C14H2.C13H7ClN4.C5H11NO.CH4/c1-12-10-23(5-6-24-12)18-16-15(9-20-17(16)21-11-22-18)14-4-2-3-13(7-14)8-19;1-3-5-7-9-11-13-14-12-10-8-6-4-2;14-12-11-10(6-16-13(11)18-7-17-12)9-3-1-2-8(4-9)5-15;1-5-4-6-2-3-7-5;/h2-4,7,9,11-12H,5-6,10H2,1H3,(H,20,21,22);1-2H;1-4,6-7H,(H,16,17,18);5-6H,2-4H2,1H3;1H4/t12-;;;5-;/m0..0./s1. The van der Waals surface area contributed by atoms with Crippen molar-refractivity contribution in [1.82, 2.24) is 35.2 Å². The number of fused-ring (bicyclic) bond motifs is 2. The van der Waals surface area contributed by atoms with Crippen LogP contribution in [0.15, 0.2) is 73.6 Å². The molecule has 0 saturated carbocycles. The van der Waals surface area contributed by atoms with Crippen LogP contribution in [-0.2, 0) is 9.47 Å². The van der Waals surface area contributed by atoms with Gasteiger partial charge in [-0.05, 0) is 120 Å². The zero-order valence-corrected chi connectivity index (χ0v) is 35.1. The Labute approximate surface area is 379 Å². The summed E-state index contributed by atoms with van der Waals surface area (Å²) in [7, 11) is 0. The van der Waals surface area contributed by atoms with Gasteiger partial charge in [-0.1, -0.05) is 43.3 Å². The molecule has 2 saturated heterocycles. The van der Waals surface area contributed by atoms with Gasteiger partial charge >= 0.3 is 0 Å². The zero-order chi connectivity index (χ0) is 44.7. The Hall–Kier alpha value is -8.45. The molecule has 3 N–H and O–H groups in total. The van der Waals surface area contributed by atoms with Crippen LogP contribution in [0.2, 0.25) is 5.15 Å². The number of nitrogens with one attached hydrogen (secondary N) is 3. The van der Waals surface area contributed by atoms with E-state index in [2.05, 4.69) is 137 Å². The number of aromatic amines is 2. The van der Waals surface area contributed by atoms with Crippen molar-refractivity contribution in [3.05, 3.63) is 89.9 Å². The van der Waals surface area contributed by atoms with Gasteiger partial charge in [-0.15, -0.1) is 12.8 Å². The summed E-state index contributed by atoms with van der Waals surface area (Å²) in [5.41, 5.74) is 6.54. The molecule has 0 aliphatic carbocycles. The fourth-order valence-corrected chi connectivity index (χ4v) is 6.34. The normalized spacial score (nSPS) is 14.0. The van der Waals surface area contributed by atoms with Crippen molar-refractivity contribution in [3.8, 4) is 118 Å². The minimum atomic E-state index is 0. The van der Waals surface area contributed by atoms with Gasteiger partial charge < -0.3 is 29.7 Å². The molecule has 0 radical (unpaired) electrons. The van der Waals surface area contributed by atoms with Crippen molar-refractivity contribution >= 4 is 39.5 Å². The summed E-state index contributed by atoms with van der Waals surface area (Å²) in [6, 6.07) is 19.2. The third-order valence-corrected chi connectivity index (χ3v) is 9.13. The van der Waals surface area contributed by atoms with Crippen LogP contribution in [0.1, 0.15) is 32.4 Å². The van der Waals surface area contributed by atoms with Crippen molar-refractivity contribution < 1.29 is 9.47 Å². The predicted octanol–water partition coefficient (Wildman–Crippen LogP) is 6.77. The van der Waals surface area contributed by atoms with E-state index in [0.29, 0.717) is 34.6 Å². The molecule has 64 heavy (non-hydrogen) atoms. The van der Waals surface area contributed by atoms with E-state index in [-0.39, 0.29) is 13.5 Å². The monoisotopic (exact) mass is 860 g/mol. The maximum atomic E-state index is 9.16. The second kappa shape index (κ2) is 26.0. The average molecular weight is 861 g/mol. The zero-order valence-electron chi connectivity index (χ0n) is 34.3. The van der Waals surface area contributed by atoms with E-state index in [1.54, 1.807) is 18.5 Å². The summed E-state index contributed by atoms with van der Waals surface area (Å²) in [4.78, 5) is 25.5. The van der Waals surface area contributed by atoms with E-state index >= 15 is 0 Å². The molecule has 0 spiro atoms. The van der Waals surface area contributed by atoms with E-state index in [9.17, 15) is 0 Å². The second-order valence-corrected chi connectivity index (χ2v) is 13.5. The Morgan fingerprint density at radius 2 is 1.20 bits per heavy atom. The molecule has 12 nitrogen and oxygen atoms in total. The SMILES string of the molecule is C.C#CC#CC#CC#CC#CC#CC#C.C[C@H]1CN(c2ncnc3[nH]cc(-c4cccc(C#N)c4)c23)CCO1.C[C@H]1CNCCO1.N#Cc1cccc(-c2c[nH]c3ncnc(Cl)c23)c1. The maximum Gasteiger partial charge on any atom is 0.143 e. The molecule has 6 aromatic rings. The first-order valence-electron chi connectivity index (χ1n) is 19.3. The fraction of sp³-hybridized carbons (Fsp3) is 0.216. The number of hydrogen-bond acceptors (Lipinski definition) is 10. The molecule has 0 amide bonds. The Kier molecular flexibility index (Phi) is 19.6. The molecule has 6 heterocycles. The molecule has 2 atom stereocenters. The van der Waals surface area contributed by atoms with Crippen LogP contribution in [0.4, 0.5) is 5.82 Å². The molecular weight excluding hydrogens is 820 g/mol. The average Bonchev–Trinajstić information content (AvgIpc) is 3.97. The summed E-state index contributed by atoms with van der Waals surface area (Å²) in [5, 5.41) is 23.4. The predicted molar refractivity (Wildman–Crippen MR) is 252 cm³/mol. The smallest absolute Gasteiger partial charge is 0.143 e. The molecule has 8 rings (SSSR count). The van der Waals surface area contributed by atoms with Gasteiger partial charge in [-0.3, -0.25) is 0 Å². The molecule has 2 aliphatic rings. The highest BCUT2D eigenvalue weighted by Gasteiger charge is 2.22. The Bertz CT molecular complexity index is 3010. The molecule has 13 heteroatoms. The van der Waals surface area contributed by atoms with Gasteiger partial charge in [-0.2, -0.15) is 10.5 Å². The van der Waals surface area contributed by atoms with E-state index in [1.165, 1.54) is 6.33 Å². The number of terminal acetylenes is 2. The lowest BCUT2D eigenvalue weighted by Gasteiger charge is -2.32. The minimum Gasteiger partial charge on any atom is -0.376 e. The Morgan fingerprint density at radius 3 is 1.69 bits per heavy atom. The molecule has 314 valence electrons. The third kappa shape index (κ3) is 14.1. The number of rotatable bonds is 3. The molecule has 4 aromatic heterocycles. The number of hydrogen-bond donors (Lipinski definition) is 3. The second-order valence-electron chi connectivity index (χ2n) is 13.2. The maximum absolute atomic E-state index is 9.16.